The summed E-state index contributed by atoms with van der Waals surface area (Å²) in [5, 5.41) is 15.4. The summed E-state index contributed by atoms with van der Waals surface area (Å²) in [5.74, 6) is -0.463. The van der Waals surface area contributed by atoms with Crippen LogP contribution >= 0.6 is 11.3 Å². The van der Waals surface area contributed by atoms with Crippen molar-refractivity contribution in [1.82, 2.24) is 15.3 Å². The maximum atomic E-state index is 14.1. The number of hydrogen-bond donors (Lipinski definition) is 2. The van der Waals surface area contributed by atoms with E-state index in [4.69, 9.17) is 9.47 Å². The van der Waals surface area contributed by atoms with Gasteiger partial charge < -0.3 is 19.5 Å². The maximum Gasteiger partial charge on any atom is 0.408 e. The van der Waals surface area contributed by atoms with E-state index in [1.165, 1.54) is 31.8 Å². The van der Waals surface area contributed by atoms with Gasteiger partial charge in [-0.15, -0.1) is 11.3 Å². The van der Waals surface area contributed by atoms with Crippen LogP contribution in [0.5, 0.6) is 11.5 Å². The Bertz CT molecular complexity index is 1190. The highest BCUT2D eigenvalue weighted by Gasteiger charge is 2.55. The Balaban J connectivity index is 1.60. The van der Waals surface area contributed by atoms with Crippen LogP contribution in [0.15, 0.2) is 35.8 Å². The number of halogens is 3. The van der Waals surface area contributed by atoms with Crippen LogP contribution in [0.1, 0.15) is 18.4 Å². The van der Waals surface area contributed by atoms with Crippen LogP contribution < -0.4 is 19.7 Å². The van der Waals surface area contributed by atoms with Crippen molar-refractivity contribution in [3.8, 4) is 11.5 Å². The second-order valence-corrected chi connectivity index (χ2v) is 8.88. The lowest BCUT2D eigenvalue weighted by atomic mass is 9.82. The van der Waals surface area contributed by atoms with Gasteiger partial charge in [-0.25, -0.2) is 9.97 Å². The predicted molar refractivity (Wildman–Crippen MR) is 121 cm³/mol. The Morgan fingerprint density at radius 2 is 2.06 bits per heavy atom. The molecule has 2 aromatic heterocycles. The lowest BCUT2D eigenvalue weighted by Gasteiger charge is -2.45. The van der Waals surface area contributed by atoms with Gasteiger partial charge in [0.05, 0.1) is 14.2 Å². The molecule has 1 fully saturated rings. The van der Waals surface area contributed by atoms with Crippen LogP contribution in [0.25, 0.3) is 10.2 Å². The molecule has 2 atom stereocenters. The number of alkyl halides is 3. The normalized spacial score (nSPS) is 21.0. The molecule has 2 N–H and O–H groups in total. The smallest absolute Gasteiger partial charge is 0.408 e. The molecule has 1 aliphatic heterocycles. The number of aliphatic carboxylic acids is 1. The number of fused-ring (bicyclic) bond motifs is 1. The lowest BCUT2D eigenvalue weighted by molar-refractivity contribution is -0.166. The molecule has 12 heteroatoms. The van der Waals surface area contributed by atoms with Crippen molar-refractivity contribution in [2.45, 2.75) is 37.1 Å². The number of nitrogens with one attached hydrogen (secondary N) is 1. The van der Waals surface area contributed by atoms with Crippen molar-refractivity contribution >= 4 is 33.5 Å². The zero-order chi connectivity index (χ0) is 24.5. The minimum atomic E-state index is -4.68. The number of carbonyl (C=O) groups is 1. The number of carboxylic acid groups (broad SMARTS) is 1. The molecule has 4 rings (SSSR count). The van der Waals surface area contributed by atoms with Crippen LogP contribution in [-0.4, -0.2) is 59.6 Å². The van der Waals surface area contributed by atoms with Crippen LogP contribution in [0.4, 0.5) is 19.1 Å². The van der Waals surface area contributed by atoms with Gasteiger partial charge in [0.1, 0.15) is 16.4 Å². The molecule has 34 heavy (non-hydrogen) atoms. The number of rotatable bonds is 7. The highest BCUT2D eigenvalue weighted by molar-refractivity contribution is 7.16. The highest BCUT2D eigenvalue weighted by Crippen LogP contribution is 2.39. The molecule has 2 unspecified atom stereocenters. The number of piperidine rings is 1. The van der Waals surface area contributed by atoms with E-state index in [-0.39, 0.29) is 25.5 Å². The molecule has 1 saturated heterocycles. The number of nitrogens with zero attached hydrogens (tertiary/aromatic N) is 3. The van der Waals surface area contributed by atoms with Crippen LogP contribution in [0.3, 0.4) is 0 Å². The van der Waals surface area contributed by atoms with Gasteiger partial charge in [-0.05, 0) is 35.6 Å². The molecule has 0 saturated carbocycles. The van der Waals surface area contributed by atoms with Crippen molar-refractivity contribution in [2.24, 2.45) is 0 Å². The van der Waals surface area contributed by atoms with E-state index in [1.807, 2.05) is 0 Å². The molecule has 0 aliphatic carbocycles. The van der Waals surface area contributed by atoms with E-state index in [2.05, 4.69) is 15.3 Å². The first kappa shape index (κ1) is 24.0. The third kappa shape index (κ3) is 4.60. The van der Waals surface area contributed by atoms with Crippen molar-refractivity contribution < 1.29 is 32.5 Å². The summed E-state index contributed by atoms with van der Waals surface area (Å²) < 4.78 is 52.9. The van der Waals surface area contributed by atoms with E-state index in [0.717, 1.165) is 10.3 Å². The monoisotopic (exact) mass is 496 g/mol. The second kappa shape index (κ2) is 9.26. The number of benzene rings is 1. The zero-order valence-electron chi connectivity index (χ0n) is 18.4. The van der Waals surface area contributed by atoms with Crippen LogP contribution in [0, 0.1) is 0 Å². The largest absolute Gasteiger partial charge is 0.493 e. The van der Waals surface area contributed by atoms with E-state index >= 15 is 0 Å². The van der Waals surface area contributed by atoms with Crippen molar-refractivity contribution in [3.63, 3.8) is 0 Å². The Kier molecular flexibility index (Phi) is 6.54. The van der Waals surface area contributed by atoms with E-state index < -0.39 is 30.1 Å². The van der Waals surface area contributed by atoms with Gasteiger partial charge in [0.25, 0.3) is 0 Å². The number of carboxylic acids is 1. The molecule has 0 bridgehead atoms. The molecular formula is C22H23F3N4O4S. The van der Waals surface area contributed by atoms with E-state index in [9.17, 15) is 23.1 Å². The van der Waals surface area contributed by atoms with Gasteiger partial charge in [0, 0.05) is 31.1 Å². The molecule has 182 valence electrons. The summed E-state index contributed by atoms with van der Waals surface area (Å²) in [7, 11) is 2.95. The maximum absolute atomic E-state index is 14.1. The molecule has 0 spiro atoms. The van der Waals surface area contributed by atoms with Gasteiger partial charge in [0.15, 0.2) is 11.5 Å². The number of ether oxygens (including phenoxy) is 2. The first-order valence-electron chi connectivity index (χ1n) is 10.4. The second-order valence-electron chi connectivity index (χ2n) is 7.99. The lowest BCUT2D eigenvalue weighted by Crippen LogP contribution is -2.64. The Morgan fingerprint density at radius 1 is 1.29 bits per heavy atom. The Hall–Kier alpha value is -3.12. The summed E-state index contributed by atoms with van der Waals surface area (Å²) in [4.78, 5) is 22.3. The summed E-state index contributed by atoms with van der Waals surface area (Å²) in [5.41, 5.74) is -1.13. The topological polar surface area (TPSA) is 96.8 Å². The molecule has 1 aromatic carbocycles. The summed E-state index contributed by atoms with van der Waals surface area (Å²) in [6.45, 7) is -0.138. The van der Waals surface area contributed by atoms with E-state index in [0.29, 0.717) is 21.9 Å². The summed E-state index contributed by atoms with van der Waals surface area (Å²) in [6.07, 6.45) is -3.95. The van der Waals surface area contributed by atoms with Crippen molar-refractivity contribution in [2.75, 3.05) is 25.7 Å². The summed E-state index contributed by atoms with van der Waals surface area (Å²) in [6, 6.07) is 4.73. The van der Waals surface area contributed by atoms with Crippen molar-refractivity contribution in [3.05, 3.63) is 41.4 Å². The Labute approximate surface area is 197 Å². The number of anilines is 1. The minimum Gasteiger partial charge on any atom is -0.493 e. The molecule has 8 nitrogen and oxygen atoms in total. The molecule has 3 aromatic rings. The van der Waals surface area contributed by atoms with E-state index in [1.54, 1.807) is 29.6 Å². The van der Waals surface area contributed by atoms with Crippen LogP contribution in [-0.2, 0) is 11.3 Å². The number of aromatic nitrogens is 2. The van der Waals surface area contributed by atoms with Gasteiger partial charge in [-0.1, -0.05) is 6.07 Å². The third-order valence-corrected chi connectivity index (χ3v) is 6.84. The first-order chi connectivity index (χ1) is 16.2. The van der Waals surface area contributed by atoms with Gasteiger partial charge >= 0.3 is 12.1 Å². The van der Waals surface area contributed by atoms with Gasteiger partial charge in [-0.2, -0.15) is 13.2 Å². The van der Waals surface area contributed by atoms with Gasteiger partial charge in [0.2, 0.25) is 5.95 Å². The quantitative estimate of drug-likeness (QED) is 0.509. The number of hydrogen-bond acceptors (Lipinski definition) is 8. The third-order valence-electron chi connectivity index (χ3n) is 6.02. The zero-order valence-corrected chi connectivity index (χ0v) is 19.2. The molecular weight excluding hydrogens is 473 g/mol. The van der Waals surface area contributed by atoms with Crippen LogP contribution in [0.2, 0.25) is 0 Å². The first-order valence-corrected chi connectivity index (χ1v) is 11.3. The molecule has 1 aliphatic rings. The fraction of sp³-hybridized carbons (Fsp3) is 0.409. The number of methoxy groups -OCH3 is 2. The average Bonchev–Trinajstić information content (AvgIpc) is 3.29. The van der Waals surface area contributed by atoms with Crippen molar-refractivity contribution in [1.29, 1.82) is 0 Å². The fourth-order valence-electron chi connectivity index (χ4n) is 4.12. The fourth-order valence-corrected chi connectivity index (χ4v) is 4.85. The highest BCUT2D eigenvalue weighted by atomic mass is 32.1. The number of thiophene rings is 1. The van der Waals surface area contributed by atoms with Gasteiger partial charge in [-0.3, -0.25) is 10.1 Å². The molecule has 0 radical (unpaired) electrons. The minimum absolute atomic E-state index is 0.0366. The SMILES string of the molecule is COc1ccc(CNC2(C(=O)O)CCN(c3ncc4ccsc4n3)C(C(F)(F)F)C2)cc1OC. The predicted octanol–water partition coefficient (Wildman–Crippen LogP) is 3.85. The average molecular weight is 497 g/mol. The Morgan fingerprint density at radius 3 is 2.74 bits per heavy atom. The molecule has 0 amide bonds. The standard InChI is InChI=1S/C22H23F3N4O4S/c1-32-15-4-3-13(9-16(15)33-2)11-27-21(19(30)31)6-7-29(17(10-21)22(23,24)25)20-26-12-14-5-8-34-18(14)28-20/h3-5,8-9,12,17,27H,6-7,10-11H2,1-2H3,(H,30,31). The molecule has 3 heterocycles. The summed E-state index contributed by atoms with van der Waals surface area (Å²) >= 11 is 1.31.